The summed E-state index contributed by atoms with van der Waals surface area (Å²) in [5.74, 6) is 0. The van der Waals surface area contributed by atoms with Gasteiger partial charge in [-0.1, -0.05) is 13.8 Å². The molecule has 0 aliphatic carbocycles. The van der Waals surface area contributed by atoms with E-state index < -0.39 is 29.3 Å². The highest BCUT2D eigenvalue weighted by Gasteiger charge is 2.52. The van der Waals surface area contributed by atoms with Crippen LogP contribution in [-0.4, -0.2) is 45.8 Å². The first kappa shape index (κ1) is 11.9. The molecule has 0 aromatic carbocycles. The summed E-state index contributed by atoms with van der Waals surface area (Å²) in [6, 6.07) is 0. The minimum Gasteiger partial charge on any atom is -0.394 e. The van der Waals surface area contributed by atoms with Crippen molar-refractivity contribution in [1.29, 1.82) is 0 Å². The fourth-order valence-electron chi connectivity index (χ4n) is 1.84. The standard InChI is InChI=1S/C10H20O4/c1-9(2)6(5-11)14-10(3,4)8(13)7(9)12/h6-8,11-13H,5H2,1-4H3/t6?,7?,8-/m0/s1. The van der Waals surface area contributed by atoms with E-state index in [4.69, 9.17) is 9.84 Å². The van der Waals surface area contributed by atoms with E-state index in [9.17, 15) is 10.2 Å². The van der Waals surface area contributed by atoms with Gasteiger partial charge >= 0.3 is 0 Å². The average Bonchev–Trinajstić information content (AvgIpc) is 2.09. The van der Waals surface area contributed by atoms with Crippen molar-refractivity contribution in [3.63, 3.8) is 0 Å². The second-order valence-electron chi connectivity index (χ2n) is 5.10. The summed E-state index contributed by atoms with van der Waals surface area (Å²) >= 11 is 0. The van der Waals surface area contributed by atoms with Crippen LogP contribution in [-0.2, 0) is 4.74 Å². The van der Waals surface area contributed by atoms with Gasteiger partial charge in [0.2, 0.25) is 0 Å². The second-order valence-corrected chi connectivity index (χ2v) is 5.10. The molecule has 4 nitrogen and oxygen atoms in total. The first-order valence-corrected chi connectivity index (χ1v) is 4.88. The number of ether oxygens (including phenoxy) is 1. The SMILES string of the molecule is CC1(C)C(CO)OC(C)(C)[C@@H](O)C1O. The summed E-state index contributed by atoms with van der Waals surface area (Å²) in [7, 11) is 0. The minimum absolute atomic E-state index is 0.153. The van der Waals surface area contributed by atoms with Crippen LogP contribution in [0.3, 0.4) is 0 Å². The van der Waals surface area contributed by atoms with Crippen LogP contribution in [0.5, 0.6) is 0 Å². The lowest BCUT2D eigenvalue weighted by Crippen LogP contribution is -2.64. The Morgan fingerprint density at radius 3 is 2.00 bits per heavy atom. The van der Waals surface area contributed by atoms with Crippen molar-refractivity contribution in [3.05, 3.63) is 0 Å². The van der Waals surface area contributed by atoms with Gasteiger partial charge in [0.25, 0.3) is 0 Å². The molecule has 84 valence electrons. The monoisotopic (exact) mass is 204 g/mol. The zero-order valence-electron chi connectivity index (χ0n) is 9.19. The van der Waals surface area contributed by atoms with Gasteiger partial charge in [-0.15, -0.1) is 0 Å². The number of aliphatic hydroxyl groups is 3. The molecule has 1 heterocycles. The van der Waals surface area contributed by atoms with E-state index in [1.165, 1.54) is 0 Å². The van der Waals surface area contributed by atoms with Crippen molar-refractivity contribution >= 4 is 0 Å². The molecule has 0 aromatic heterocycles. The molecule has 2 unspecified atom stereocenters. The van der Waals surface area contributed by atoms with Crippen molar-refractivity contribution in [2.75, 3.05) is 6.61 Å². The molecule has 1 fully saturated rings. The van der Waals surface area contributed by atoms with Gasteiger partial charge in [0, 0.05) is 5.41 Å². The van der Waals surface area contributed by atoms with Crippen LogP contribution in [0.1, 0.15) is 27.7 Å². The Kier molecular flexibility index (Phi) is 2.94. The van der Waals surface area contributed by atoms with Crippen LogP contribution < -0.4 is 0 Å². The molecule has 1 aliphatic rings. The van der Waals surface area contributed by atoms with Crippen molar-refractivity contribution in [3.8, 4) is 0 Å². The van der Waals surface area contributed by atoms with Crippen LogP contribution in [0.4, 0.5) is 0 Å². The number of rotatable bonds is 1. The molecule has 0 saturated carbocycles. The molecule has 1 aliphatic heterocycles. The van der Waals surface area contributed by atoms with Gasteiger partial charge in [-0.05, 0) is 13.8 Å². The van der Waals surface area contributed by atoms with Crippen LogP contribution in [0, 0.1) is 5.41 Å². The molecule has 4 heteroatoms. The summed E-state index contributed by atoms with van der Waals surface area (Å²) in [5, 5.41) is 28.8. The Balaban J connectivity index is 2.95. The normalized spacial score (nSPS) is 40.9. The third-order valence-electron chi connectivity index (χ3n) is 3.22. The van der Waals surface area contributed by atoms with Crippen molar-refractivity contribution in [2.45, 2.75) is 51.6 Å². The van der Waals surface area contributed by atoms with E-state index in [0.29, 0.717) is 0 Å². The zero-order valence-corrected chi connectivity index (χ0v) is 9.19. The van der Waals surface area contributed by atoms with Gasteiger partial charge in [-0.25, -0.2) is 0 Å². The Morgan fingerprint density at radius 2 is 1.57 bits per heavy atom. The smallest absolute Gasteiger partial charge is 0.109 e. The first-order valence-electron chi connectivity index (χ1n) is 4.88. The summed E-state index contributed by atoms with van der Waals surface area (Å²) < 4.78 is 5.56. The number of aliphatic hydroxyl groups excluding tert-OH is 3. The lowest BCUT2D eigenvalue weighted by atomic mass is 9.72. The molecule has 0 aromatic rings. The Labute approximate surface area is 84.5 Å². The van der Waals surface area contributed by atoms with Crippen LogP contribution in [0.15, 0.2) is 0 Å². The van der Waals surface area contributed by atoms with E-state index in [-0.39, 0.29) is 6.61 Å². The fraction of sp³-hybridized carbons (Fsp3) is 1.00. The molecular weight excluding hydrogens is 184 g/mol. The van der Waals surface area contributed by atoms with E-state index >= 15 is 0 Å². The Bertz CT molecular complexity index is 208. The summed E-state index contributed by atoms with van der Waals surface area (Å²) in [6.45, 7) is 6.81. The van der Waals surface area contributed by atoms with E-state index in [1.807, 2.05) is 0 Å². The molecular formula is C10H20O4. The summed E-state index contributed by atoms with van der Waals surface area (Å²) in [4.78, 5) is 0. The third-order valence-corrected chi connectivity index (χ3v) is 3.22. The van der Waals surface area contributed by atoms with Gasteiger partial charge in [-0.3, -0.25) is 0 Å². The number of hydrogen-bond acceptors (Lipinski definition) is 4. The predicted molar refractivity (Wildman–Crippen MR) is 51.8 cm³/mol. The minimum atomic E-state index is -0.930. The quantitative estimate of drug-likeness (QED) is 0.558. The van der Waals surface area contributed by atoms with Gasteiger partial charge < -0.3 is 20.1 Å². The first-order chi connectivity index (χ1) is 6.23. The molecule has 0 bridgehead atoms. The zero-order chi connectivity index (χ0) is 11.1. The highest BCUT2D eigenvalue weighted by molar-refractivity contribution is 5.01. The predicted octanol–water partition coefficient (Wildman–Crippen LogP) is -0.0959. The Morgan fingerprint density at radius 1 is 1.07 bits per heavy atom. The van der Waals surface area contributed by atoms with Crippen LogP contribution in [0.25, 0.3) is 0 Å². The Hall–Kier alpha value is -0.160. The van der Waals surface area contributed by atoms with Gasteiger partial charge in [0.1, 0.15) is 6.10 Å². The maximum Gasteiger partial charge on any atom is 0.109 e. The number of hydrogen-bond donors (Lipinski definition) is 3. The lowest BCUT2D eigenvalue weighted by molar-refractivity contribution is -0.271. The van der Waals surface area contributed by atoms with E-state index in [2.05, 4.69) is 0 Å². The topological polar surface area (TPSA) is 69.9 Å². The molecule has 0 spiro atoms. The fourth-order valence-corrected chi connectivity index (χ4v) is 1.84. The average molecular weight is 204 g/mol. The molecule has 1 saturated heterocycles. The third kappa shape index (κ3) is 1.67. The maximum absolute atomic E-state index is 9.90. The molecule has 1 rings (SSSR count). The molecule has 0 amide bonds. The largest absolute Gasteiger partial charge is 0.394 e. The summed E-state index contributed by atoms with van der Waals surface area (Å²) in [5.41, 5.74) is -1.45. The van der Waals surface area contributed by atoms with Gasteiger partial charge in [0.05, 0.1) is 24.4 Å². The highest BCUT2D eigenvalue weighted by Crippen LogP contribution is 2.40. The van der Waals surface area contributed by atoms with Crippen molar-refractivity contribution in [1.82, 2.24) is 0 Å². The van der Waals surface area contributed by atoms with Crippen LogP contribution in [0.2, 0.25) is 0 Å². The summed E-state index contributed by atoms with van der Waals surface area (Å²) in [6.07, 6.45) is -2.26. The second kappa shape index (κ2) is 3.45. The van der Waals surface area contributed by atoms with Crippen LogP contribution >= 0.6 is 0 Å². The molecule has 3 N–H and O–H groups in total. The maximum atomic E-state index is 9.90. The van der Waals surface area contributed by atoms with E-state index in [0.717, 1.165) is 0 Å². The van der Waals surface area contributed by atoms with Crippen molar-refractivity contribution < 1.29 is 20.1 Å². The van der Waals surface area contributed by atoms with Gasteiger partial charge in [0.15, 0.2) is 0 Å². The highest BCUT2D eigenvalue weighted by atomic mass is 16.5. The van der Waals surface area contributed by atoms with E-state index in [1.54, 1.807) is 27.7 Å². The lowest BCUT2D eigenvalue weighted by Gasteiger charge is -2.51. The molecule has 0 radical (unpaired) electrons. The molecule has 14 heavy (non-hydrogen) atoms. The molecule has 3 atom stereocenters. The van der Waals surface area contributed by atoms with Crippen molar-refractivity contribution in [2.24, 2.45) is 5.41 Å². The van der Waals surface area contributed by atoms with Gasteiger partial charge in [-0.2, -0.15) is 0 Å².